The third-order valence-corrected chi connectivity index (χ3v) is 3.39. The summed E-state index contributed by atoms with van der Waals surface area (Å²) in [5.74, 6) is 0.963. The summed E-state index contributed by atoms with van der Waals surface area (Å²) in [6.45, 7) is 7.42. The van der Waals surface area contributed by atoms with Gasteiger partial charge in [0.15, 0.2) is 0 Å². The zero-order chi connectivity index (χ0) is 11.5. The molecule has 0 unspecified atom stereocenters. The van der Waals surface area contributed by atoms with Gasteiger partial charge in [-0.25, -0.2) is 0 Å². The van der Waals surface area contributed by atoms with E-state index < -0.39 is 0 Å². The molecule has 0 saturated carbocycles. The average Bonchev–Trinajstić information content (AvgIpc) is 2.29. The van der Waals surface area contributed by atoms with Crippen LogP contribution in [-0.2, 0) is 4.74 Å². The molecule has 0 bridgehead atoms. The Kier molecular flexibility index (Phi) is 3.45. The lowest BCUT2D eigenvalue weighted by Crippen LogP contribution is -2.30. The van der Waals surface area contributed by atoms with E-state index in [1.54, 1.807) is 0 Å². The molecule has 0 fully saturated rings. The van der Waals surface area contributed by atoms with Gasteiger partial charge in [0.25, 0.3) is 0 Å². The lowest BCUT2D eigenvalue weighted by atomic mass is 9.86. The normalized spacial score (nSPS) is 27.3. The van der Waals surface area contributed by atoms with Crippen molar-refractivity contribution < 1.29 is 4.74 Å². The van der Waals surface area contributed by atoms with E-state index in [4.69, 9.17) is 4.74 Å². The van der Waals surface area contributed by atoms with Gasteiger partial charge in [0.1, 0.15) is 0 Å². The van der Waals surface area contributed by atoms with Crippen molar-refractivity contribution in [3.8, 4) is 0 Å². The summed E-state index contributed by atoms with van der Waals surface area (Å²) >= 11 is 0. The van der Waals surface area contributed by atoms with Crippen molar-refractivity contribution in [2.45, 2.75) is 32.8 Å². The molecule has 0 aliphatic carbocycles. The molecule has 0 saturated heterocycles. The first-order chi connectivity index (χ1) is 7.68. The Morgan fingerprint density at radius 3 is 2.56 bits per heavy atom. The predicted octanol–water partition coefficient (Wildman–Crippen LogP) is 3.77. The van der Waals surface area contributed by atoms with Gasteiger partial charge in [-0.15, -0.1) is 0 Å². The van der Waals surface area contributed by atoms with Crippen LogP contribution in [0.5, 0.6) is 0 Å². The molecule has 0 aromatic heterocycles. The Balaban J connectivity index is 2.14. The zero-order valence-corrected chi connectivity index (χ0v) is 10.3. The highest BCUT2D eigenvalue weighted by Gasteiger charge is 2.27. The quantitative estimate of drug-likeness (QED) is 0.684. The molecule has 1 heteroatoms. The number of hydrogen-bond donors (Lipinski definition) is 0. The highest BCUT2D eigenvalue weighted by Crippen LogP contribution is 2.30. The van der Waals surface area contributed by atoms with Gasteiger partial charge < -0.3 is 4.74 Å². The molecule has 3 atom stereocenters. The third kappa shape index (κ3) is 2.35. The van der Waals surface area contributed by atoms with Gasteiger partial charge in [-0.05, 0) is 12.5 Å². The second-order valence-electron chi connectivity index (χ2n) is 4.85. The molecule has 86 valence electrons. The van der Waals surface area contributed by atoms with Crippen LogP contribution >= 0.6 is 0 Å². The molecular formula is C15H20O. The fraction of sp³-hybridized carbons (Fsp3) is 0.467. The van der Waals surface area contributed by atoms with Gasteiger partial charge in [-0.3, -0.25) is 0 Å². The van der Waals surface area contributed by atoms with Crippen LogP contribution in [0.15, 0.2) is 42.0 Å². The Morgan fingerprint density at radius 2 is 1.94 bits per heavy atom. The molecule has 1 heterocycles. The summed E-state index contributed by atoms with van der Waals surface area (Å²) in [5.41, 5.74) is 2.72. The first-order valence-corrected chi connectivity index (χ1v) is 6.02. The van der Waals surface area contributed by atoms with E-state index in [0.717, 1.165) is 6.61 Å². The van der Waals surface area contributed by atoms with E-state index in [-0.39, 0.29) is 0 Å². The summed E-state index contributed by atoms with van der Waals surface area (Å²) in [6.07, 6.45) is 2.65. The lowest BCUT2D eigenvalue weighted by Gasteiger charge is -2.32. The van der Waals surface area contributed by atoms with E-state index in [0.29, 0.717) is 17.9 Å². The molecule has 2 rings (SSSR count). The summed E-state index contributed by atoms with van der Waals surface area (Å²) in [4.78, 5) is 0. The van der Waals surface area contributed by atoms with Crippen LogP contribution in [0.3, 0.4) is 0 Å². The van der Waals surface area contributed by atoms with Gasteiger partial charge in [-0.2, -0.15) is 0 Å². The maximum Gasteiger partial charge on any atom is 0.0705 e. The molecule has 1 aromatic rings. The minimum Gasteiger partial charge on any atom is -0.373 e. The van der Waals surface area contributed by atoms with Gasteiger partial charge in [0.2, 0.25) is 0 Å². The van der Waals surface area contributed by atoms with Crippen LogP contribution in [0.2, 0.25) is 0 Å². The SMILES string of the molecule is CC1=C[C@H](C)[C@@H]([C@@H](C)c2ccccc2)OC1. The third-order valence-electron chi connectivity index (χ3n) is 3.39. The Morgan fingerprint density at radius 1 is 1.25 bits per heavy atom. The molecule has 0 spiro atoms. The summed E-state index contributed by atoms with van der Waals surface area (Å²) < 4.78 is 5.95. The topological polar surface area (TPSA) is 9.23 Å². The number of ether oxygens (including phenoxy) is 1. The maximum atomic E-state index is 5.95. The minimum absolute atomic E-state index is 0.311. The number of hydrogen-bond acceptors (Lipinski definition) is 1. The van der Waals surface area contributed by atoms with E-state index >= 15 is 0 Å². The molecule has 1 aromatic carbocycles. The smallest absolute Gasteiger partial charge is 0.0705 e. The Labute approximate surface area is 98.1 Å². The monoisotopic (exact) mass is 216 g/mol. The molecule has 0 N–H and O–H groups in total. The second-order valence-corrected chi connectivity index (χ2v) is 4.85. The first-order valence-electron chi connectivity index (χ1n) is 6.02. The summed E-state index contributed by atoms with van der Waals surface area (Å²) in [7, 11) is 0. The van der Waals surface area contributed by atoms with Crippen molar-refractivity contribution in [3.63, 3.8) is 0 Å². The van der Waals surface area contributed by atoms with Gasteiger partial charge in [0, 0.05) is 11.8 Å². The van der Waals surface area contributed by atoms with Crippen molar-refractivity contribution >= 4 is 0 Å². The van der Waals surface area contributed by atoms with Crippen LogP contribution in [-0.4, -0.2) is 12.7 Å². The molecule has 1 aliphatic heterocycles. The standard InChI is InChI=1S/C15H20O/c1-11-9-12(2)15(16-10-11)13(3)14-7-5-4-6-8-14/h4-9,12-13,15H,10H2,1-3H3/t12-,13-,15-/m0/s1. The molecule has 0 radical (unpaired) electrons. The van der Waals surface area contributed by atoms with Gasteiger partial charge in [0.05, 0.1) is 12.7 Å². The second kappa shape index (κ2) is 4.84. The largest absolute Gasteiger partial charge is 0.373 e. The van der Waals surface area contributed by atoms with Crippen molar-refractivity contribution in [3.05, 3.63) is 47.5 Å². The Bertz CT molecular complexity index is 366. The maximum absolute atomic E-state index is 5.95. The Hall–Kier alpha value is -1.08. The van der Waals surface area contributed by atoms with Crippen molar-refractivity contribution in [2.75, 3.05) is 6.61 Å². The van der Waals surface area contributed by atoms with E-state index in [2.05, 4.69) is 57.2 Å². The molecule has 1 nitrogen and oxygen atoms in total. The van der Waals surface area contributed by atoms with E-state index in [1.165, 1.54) is 11.1 Å². The van der Waals surface area contributed by atoms with Crippen LogP contribution in [0.1, 0.15) is 32.3 Å². The fourth-order valence-electron chi connectivity index (χ4n) is 2.52. The lowest BCUT2D eigenvalue weighted by molar-refractivity contribution is 0.0171. The average molecular weight is 216 g/mol. The van der Waals surface area contributed by atoms with Crippen molar-refractivity contribution in [1.29, 1.82) is 0 Å². The number of rotatable bonds is 2. The fourth-order valence-corrected chi connectivity index (χ4v) is 2.52. The van der Waals surface area contributed by atoms with Gasteiger partial charge >= 0.3 is 0 Å². The van der Waals surface area contributed by atoms with Gasteiger partial charge in [-0.1, -0.05) is 55.8 Å². The predicted molar refractivity (Wildman–Crippen MR) is 67.5 cm³/mol. The highest BCUT2D eigenvalue weighted by molar-refractivity contribution is 5.21. The first kappa shape index (κ1) is 11.4. The van der Waals surface area contributed by atoms with E-state index in [9.17, 15) is 0 Å². The minimum atomic E-state index is 0.311. The van der Waals surface area contributed by atoms with Crippen molar-refractivity contribution in [1.82, 2.24) is 0 Å². The highest BCUT2D eigenvalue weighted by atomic mass is 16.5. The molecule has 1 aliphatic rings. The van der Waals surface area contributed by atoms with Crippen molar-refractivity contribution in [2.24, 2.45) is 5.92 Å². The van der Waals surface area contributed by atoms with Crippen LogP contribution in [0, 0.1) is 5.92 Å². The van der Waals surface area contributed by atoms with Crippen LogP contribution < -0.4 is 0 Å². The van der Waals surface area contributed by atoms with Crippen LogP contribution in [0.4, 0.5) is 0 Å². The number of benzene rings is 1. The summed E-state index contributed by atoms with van der Waals surface area (Å²) in [6, 6.07) is 10.6. The zero-order valence-electron chi connectivity index (χ0n) is 10.3. The molecule has 0 amide bonds. The molecule has 16 heavy (non-hydrogen) atoms. The van der Waals surface area contributed by atoms with E-state index in [1.807, 2.05) is 0 Å². The summed E-state index contributed by atoms with van der Waals surface area (Å²) in [5, 5.41) is 0. The van der Waals surface area contributed by atoms with Crippen LogP contribution in [0.25, 0.3) is 0 Å². The molecular weight excluding hydrogens is 196 g/mol.